The minimum atomic E-state index is -4.69. The molecular formula is C21H17ClF4I2N4. The molecule has 170 valence electrons. The van der Waals surface area contributed by atoms with Crippen LogP contribution in [0.2, 0.25) is 5.15 Å². The lowest BCUT2D eigenvalue weighted by Gasteiger charge is -2.45. The lowest BCUT2D eigenvalue weighted by molar-refractivity contribution is -0.138. The number of nitrogens with zero attached hydrogens (tertiary/aromatic N) is 3. The standard InChI is InChI=1S/C21H17ClF4I2N4/c22-17-14-3-1-2-4-15(14)18(31-30-17)32-8-7-20(28,29)19(32,11-27)10-12-5-6-13(23)9-16(12)21(24,25)26/h1-6,9H,7-8,10-11,29H2. The Morgan fingerprint density at radius 3 is 2.47 bits per heavy atom. The zero-order chi connectivity index (χ0) is 23.3. The molecule has 4 rings (SSSR count). The van der Waals surface area contributed by atoms with Crippen LogP contribution in [-0.4, -0.2) is 30.3 Å². The lowest BCUT2D eigenvalue weighted by Crippen LogP contribution is -2.62. The summed E-state index contributed by atoms with van der Waals surface area (Å²) in [6.45, 7) is 0.477. The number of benzene rings is 2. The average Bonchev–Trinajstić information content (AvgIpc) is 2.99. The Morgan fingerprint density at radius 1 is 1.12 bits per heavy atom. The van der Waals surface area contributed by atoms with Crippen molar-refractivity contribution in [3.05, 3.63) is 64.6 Å². The van der Waals surface area contributed by atoms with E-state index in [2.05, 4.69) is 55.4 Å². The van der Waals surface area contributed by atoms with Crippen molar-refractivity contribution >= 4 is 73.4 Å². The number of halogens is 7. The van der Waals surface area contributed by atoms with E-state index in [4.69, 9.17) is 17.3 Å². The third kappa shape index (κ3) is 4.05. The number of alkyl halides is 5. The molecule has 2 unspecified atom stereocenters. The summed E-state index contributed by atoms with van der Waals surface area (Å²) in [6, 6.07) is 10.1. The van der Waals surface area contributed by atoms with Gasteiger partial charge in [0.1, 0.15) is 5.82 Å². The minimum Gasteiger partial charge on any atom is -0.345 e. The number of aromatic nitrogens is 2. The fraction of sp³-hybridized carbons (Fsp3) is 0.333. The monoisotopic (exact) mass is 690 g/mol. The zero-order valence-corrected chi connectivity index (χ0v) is 21.5. The van der Waals surface area contributed by atoms with E-state index in [-0.39, 0.29) is 17.1 Å². The first-order valence-electron chi connectivity index (χ1n) is 9.58. The second-order valence-corrected chi connectivity index (χ2v) is 10.8. The van der Waals surface area contributed by atoms with Gasteiger partial charge in [0.2, 0.25) is 0 Å². The lowest BCUT2D eigenvalue weighted by atomic mass is 9.84. The van der Waals surface area contributed by atoms with Crippen molar-refractivity contribution in [2.24, 2.45) is 5.73 Å². The molecule has 0 bridgehead atoms. The maximum Gasteiger partial charge on any atom is 0.416 e. The molecule has 2 atom stereocenters. The molecule has 0 saturated carbocycles. The summed E-state index contributed by atoms with van der Waals surface area (Å²) < 4.78 is 54.5. The first-order chi connectivity index (χ1) is 15.0. The van der Waals surface area contributed by atoms with Crippen LogP contribution in [0.3, 0.4) is 0 Å². The van der Waals surface area contributed by atoms with E-state index in [1.807, 2.05) is 29.2 Å². The molecule has 0 radical (unpaired) electrons. The highest BCUT2D eigenvalue weighted by Crippen LogP contribution is 2.49. The summed E-state index contributed by atoms with van der Waals surface area (Å²) in [7, 11) is 0. The maximum atomic E-state index is 13.7. The van der Waals surface area contributed by atoms with Gasteiger partial charge in [-0.2, -0.15) is 13.2 Å². The van der Waals surface area contributed by atoms with Crippen LogP contribution in [0.25, 0.3) is 10.8 Å². The third-order valence-electron chi connectivity index (χ3n) is 5.95. The Morgan fingerprint density at radius 2 is 1.81 bits per heavy atom. The maximum absolute atomic E-state index is 13.7. The first-order valence-corrected chi connectivity index (χ1v) is 12.6. The van der Waals surface area contributed by atoms with Crippen molar-refractivity contribution in [2.75, 3.05) is 15.9 Å². The van der Waals surface area contributed by atoms with E-state index in [0.29, 0.717) is 34.7 Å². The zero-order valence-electron chi connectivity index (χ0n) is 16.4. The quantitative estimate of drug-likeness (QED) is 0.154. The molecule has 2 heterocycles. The van der Waals surface area contributed by atoms with E-state index >= 15 is 0 Å². The predicted molar refractivity (Wildman–Crippen MR) is 134 cm³/mol. The van der Waals surface area contributed by atoms with Gasteiger partial charge in [-0.25, -0.2) is 4.39 Å². The van der Waals surface area contributed by atoms with Crippen molar-refractivity contribution < 1.29 is 17.6 Å². The number of hydrogen-bond donors (Lipinski definition) is 1. The molecule has 1 aromatic heterocycles. The molecule has 1 saturated heterocycles. The Bertz CT molecular complexity index is 1170. The summed E-state index contributed by atoms with van der Waals surface area (Å²) in [6.07, 6.45) is -4.20. The minimum absolute atomic E-state index is 0.0137. The van der Waals surface area contributed by atoms with Crippen molar-refractivity contribution in [1.82, 2.24) is 10.2 Å². The number of rotatable bonds is 4. The molecule has 0 spiro atoms. The van der Waals surface area contributed by atoms with Crippen LogP contribution in [0.5, 0.6) is 0 Å². The molecule has 32 heavy (non-hydrogen) atoms. The highest BCUT2D eigenvalue weighted by Gasteiger charge is 2.57. The van der Waals surface area contributed by atoms with Gasteiger partial charge in [0, 0.05) is 21.7 Å². The van der Waals surface area contributed by atoms with E-state index in [1.54, 1.807) is 0 Å². The number of anilines is 1. The predicted octanol–water partition coefficient (Wildman–Crippen LogP) is 6.16. The fourth-order valence-electron chi connectivity index (χ4n) is 4.27. The van der Waals surface area contributed by atoms with Crippen LogP contribution in [0.4, 0.5) is 23.4 Å². The summed E-state index contributed by atoms with van der Waals surface area (Å²) >= 11 is 10.5. The van der Waals surface area contributed by atoms with Crippen LogP contribution in [0.15, 0.2) is 42.5 Å². The van der Waals surface area contributed by atoms with Gasteiger partial charge in [-0.1, -0.05) is 87.1 Å². The van der Waals surface area contributed by atoms with Gasteiger partial charge in [-0.05, 0) is 30.5 Å². The Hall–Kier alpha value is -0.990. The van der Waals surface area contributed by atoms with Gasteiger partial charge in [0.25, 0.3) is 0 Å². The van der Waals surface area contributed by atoms with E-state index in [1.165, 1.54) is 6.07 Å². The van der Waals surface area contributed by atoms with Gasteiger partial charge >= 0.3 is 6.18 Å². The Kier molecular flexibility index (Phi) is 6.53. The second kappa shape index (κ2) is 8.66. The number of fused-ring (bicyclic) bond motifs is 1. The van der Waals surface area contributed by atoms with Crippen LogP contribution in [0, 0.1) is 5.82 Å². The smallest absolute Gasteiger partial charge is 0.345 e. The molecule has 0 aliphatic carbocycles. The molecule has 3 aromatic rings. The van der Waals surface area contributed by atoms with Gasteiger partial charge in [0.15, 0.2) is 11.0 Å². The summed E-state index contributed by atoms with van der Waals surface area (Å²) in [5.74, 6) is -0.419. The van der Waals surface area contributed by atoms with Gasteiger partial charge in [-0.15, -0.1) is 10.2 Å². The molecular weight excluding hydrogens is 674 g/mol. The molecule has 1 fully saturated rings. The largest absolute Gasteiger partial charge is 0.416 e. The van der Waals surface area contributed by atoms with Crippen molar-refractivity contribution in [2.45, 2.75) is 28.1 Å². The normalized spacial score (nSPS) is 23.8. The average molecular weight is 691 g/mol. The Balaban J connectivity index is 1.90. The SMILES string of the molecule is NC1(I)CCN(c2nnc(Cl)c3ccccc23)C1(CI)Cc1ccc(F)cc1C(F)(F)F. The van der Waals surface area contributed by atoms with Crippen molar-refractivity contribution in [3.8, 4) is 0 Å². The molecule has 2 aromatic carbocycles. The molecule has 0 amide bonds. The second-order valence-electron chi connectivity index (χ2n) is 7.77. The molecule has 2 N–H and O–H groups in total. The van der Waals surface area contributed by atoms with Gasteiger partial charge in [0.05, 0.1) is 14.6 Å². The molecule has 1 aliphatic rings. The number of nitrogens with two attached hydrogens (primary N) is 1. The molecule has 11 heteroatoms. The van der Waals surface area contributed by atoms with Crippen molar-refractivity contribution in [3.63, 3.8) is 0 Å². The van der Waals surface area contributed by atoms with Crippen LogP contribution in [0.1, 0.15) is 17.5 Å². The summed E-state index contributed by atoms with van der Waals surface area (Å²) in [4.78, 5) is 1.95. The first kappa shape index (κ1) is 24.1. The van der Waals surface area contributed by atoms with Gasteiger partial charge in [-0.3, -0.25) is 0 Å². The van der Waals surface area contributed by atoms with Crippen LogP contribution in [-0.2, 0) is 12.6 Å². The molecule has 1 aliphatic heterocycles. The van der Waals surface area contributed by atoms with E-state index < -0.39 is 26.6 Å². The Labute approximate surface area is 214 Å². The van der Waals surface area contributed by atoms with Crippen LogP contribution < -0.4 is 10.6 Å². The highest BCUT2D eigenvalue weighted by molar-refractivity contribution is 14.1. The molecule has 4 nitrogen and oxygen atoms in total. The third-order valence-corrected chi connectivity index (χ3v) is 9.03. The van der Waals surface area contributed by atoms with E-state index in [9.17, 15) is 17.6 Å². The van der Waals surface area contributed by atoms with Crippen molar-refractivity contribution in [1.29, 1.82) is 0 Å². The summed E-state index contributed by atoms with van der Waals surface area (Å²) in [5.41, 5.74) is 4.78. The van der Waals surface area contributed by atoms with Crippen LogP contribution >= 0.6 is 56.8 Å². The van der Waals surface area contributed by atoms with E-state index in [0.717, 1.165) is 11.5 Å². The number of hydrogen-bond acceptors (Lipinski definition) is 4. The summed E-state index contributed by atoms with van der Waals surface area (Å²) in [5, 5.41) is 10.1. The highest BCUT2D eigenvalue weighted by atomic mass is 127. The topological polar surface area (TPSA) is 55.0 Å². The van der Waals surface area contributed by atoms with Gasteiger partial charge < -0.3 is 10.6 Å². The fourth-order valence-corrected chi connectivity index (χ4v) is 7.47.